The zero-order chi connectivity index (χ0) is 30.4. The third kappa shape index (κ3) is 7.85. The quantitative estimate of drug-likeness (QED) is 0.271. The molecule has 7 nitrogen and oxygen atoms in total. The fourth-order valence-corrected chi connectivity index (χ4v) is 6.86. The van der Waals surface area contributed by atoms with Crippen LogP contribution in [0.3, 0.4) is 0 Å². The Morgan fingerprint density at radius 1 is 0.905 bits per heavy atom. The van der Waals surface area contributed by atoms with Crippen LogP contribution in [0.2, 0.25) is 10.0 Å². The zero-order valence-electron chi connectivity index (χ0n) is 24.1. The highest BCUT2D eigenvalue weighted by molar-refractivity contribution is 7.92. The van der Waals surface area contributed by atoms with Crippen LogP contribution in [-0.2, 0) is 26.2 Å². The second kappa shape index (κ2) is 13.9. The molecule has 0 bridgehead atoms. The average Bonchev–Trinajstić information content (AvgIpc) is 2.96. The van der Waals surface area contributed by atoms with Crippen LogP contribution in [-0.4, -0.2) is 43.8 Å². The van der Waals surface area contributed by atoms with Gasteiger partial charge in [0.15, 0.2) is 0 Å². The zero-order valence-corrected chi connectivity index (χ0v) is 26.5. The number of amides is 2. The number of carbonyl (C=O) groups is 2. The Morgan fingerprint density at radius 2 is 1.60 bits per heavy atom. The fourth-order valence-electron chi connectivity index (χ4n) is 5.14. The third-order valence-electron chi connectivity index (χ3n) is 7.63. The van der Waals surface area contributed by atoms with Crippen molar-refractivity contribution >= 4 is 50.7 Å². The summed E-state index contributed by atoms with van der Waals surface area (Å²) in [5.41, 5.74) is 2.78. The standard InChI is InChI=1S/C32H37Cl2N3O4S/c1-22-12-15-28(16-13-22)42(40,41)37(27-11-7-8-23(2)18-27)21-31(38)36(20-25-14-17-29(33)30(34)19-25)24(3)32(39)35-26-9-5-4-6-10-26/h7-8,11-19,24,26H,4-6,9-10,20-21H2,1-3H3,(H,35,39)/t24-/m0/s1. The lowest BCUT2D eigenvalue weighted by Gasteiger charge is -2.33. The molecule has 0 radical (unpaired) electrons. The van der Waals surface area contributed by atoms with Crippen molar-refractivity contribution in [2.75, 3.05) is 10.8 Å². The molecule has 2 amide bonds. The summed E-state index contributed by atoms with van der Waals surface area (Å²) >= 11 is 12.4. The lowest BCUT2D eigenvalue weighted by Crippen LogP contribution is -2.53. The third-order valence-corrected chi connectivity index (χ3v) is 10.2. The Bertz CT molecular complexity index is 1520. The van der Waals surface area contributed by atoms with Crippen LogP contribution in [0.25, 0.3) is 0 Å². The normalized spacial score (nSPS) is 14.7. The predicted octanol–water partition coefficient (Wildman–Crippen LogP) is 6.67. The Kier molecular flexibility index (Phi) is 10.6. The number of benzene rings is 3. The molecule has 4 rings (SSSR count). The Balaban J connectivity index is 1.69. The van der Waals surface area contributed by atoms with E-state index in [9.17, 15) is 18.0 Å². The molecule has 42 heavy (non-hydrogen) atoms. The maximum absolute atomic E-state index is 14.1. The molecule has 0 unspecified atom stereocenters. The largest absolute Gasteiger partial charge is 0.352 e. The van der Waals surface area contributed by atoms with Crippen LogP contribution in [0.5, 0.6) is 0 Å². The van der Waals surface area contributed by atoms with Crippen LogP contribution < -0.4 is 9.62 Å². The van der Waals surface area contributed by atoms with E-state index < -0.39 is 28.5 Å². The molecular formula is C32H37Cl2N3O4S. The molecule has 224 valence electrons. The molecule has 0 heterocycles. The summed E-state index contributed by atoms with van der Waals surface area (Å²) in [6.45, 7) is 4.94. The second-order valence-corrected chi connectivity index (χ2v) is 13.6. The van der Waals surface area contributed by atoms with E-state index in [2.05, 4.69) is 5.32 Å². The number of carbonyl (C=O) groups excluding carboxylic acids is 2. The summed E-state index contributed by atoms with van der Waals surface area (Å²) in [6, 6.07) is 17.7. The predicted molar refractivity (Wildman–Crippen MR) is 168 cm³/mol. The molecule has 0 spiro atoms. The van der Waals surface area contributed by atoms with Gasteiger partial charge in [-0.25, -0.2) is 8.42 Å². The average molecular weight is 631 g/mol. The van der Waals surface area contributed by atoms with Gasteiger partial charge in [-0.2, -0.15) is 0 Å². The maximum atomic E-state index is 14.1. The minimum Gasteiger partial charge on any atom is -0.352 e. The molecule has 1 fully saturated rings. The number of aryl methyl sites for hydroxylation is 2. The van der Waals surface area contributed by atoms with Crippen LogP contribution in [0.4, 0.5) is 5.69 Å². The van der Waals surface area contributed by atoms with Gasteiger partial charge in [0.1, 0.15) is 12.6 Å². The number of hydrogen-bond donors (Lipinski definition) is 1. The molecule has 0 aromatic heterocycles. The van der Waals surface area contributed by atoms with Gasteiger partial charge in [-0.3, -0.25) is 13.9 Å². The van der Waals surface area contributed by atoms with E-state index >= 15 is 0 Å². The SMILES string of the molecule is Cc1ccc(S(=O)(=O)N(CC(=O)N(Cc2ccc(Cl)c(Cl)c2)[C@@H](C)C(=O)NC2CCCCC2)c2cccc(C)c2)cc1. The fraction of sp³-hybridized carbons (Fsp3) is 0.375. The van der Waals surface area contributed by atoms with Crippen molar-refractivity contribution < 1.29 is 18.0 Å². The lowest BCUT2D eigenvalue weighted by molar-refractivity contribution is -0.139. The molecule has 1 atom stereocenters. The van der Waals surface area contributed by atoms with E-state index in [1.54, 1.807) is 55.5 Å². The van der Waals surface area contributed by atoms with Gasteiger partial charge in [-0.15, -0.1) is 0 Å². The highest BCUT2D eigenvalue weighted by Gasteiger charge is 2.33. The molecule has 0 aliphatic heterocycles. The molecule has 1 N–H and O–H groups in total. The van der Waals surface area contributed by atoms with Gasteiger partial charge in [0, 0.05) is 12.6 Å². The topological polar surface area (TPSA) is 86.8 Å². The number of halogens is 2. The molecule has 0 saturated heterocycles. The smallest absolute Gasteiger partial charge is 0.264 e. The number of sulfonamides is 1. The van der Waals surface area contributed by atoms with Crippen LogP contribution in [0.1, 0.15) is 55.7 Å². The Morgan fingerprint density at radius 3 is 2.24 bits per heavy atom. The molecule has 1 aliphatic carbocycles. The summed E-state index contributed by atoms with van der Waals surface area (Å²) in [5, 5.41) is 3.80. The second-order valence-electron chi connectivity index (χ2n) is 11.0. The monoisotopic (exact) mass is 629 g/mol. The maximum Gasteiger partial charge on any atom is 0.264 e. The van der Waals surface area contributed by atoms with Gasteiger partial charge < -0.3 is 10.2 Å². The summed E-state index contributed by atoms with van der Waals surface area (Å²) in [5.74, 6) is -0.802. The molecule has 3 aromatic rings. The number of nitrogens with zero attached hydrogens (tertiary/aromatic N) is 2. The van der Waals surface area contributed by atoms with Gasteiger partial charge in [-0.1, -0.05) is 78.4 Å². The van der Waals surface area contributed by atoms with Crippen molar-refractivity contribution in [2.45, 2.75) is 76.4 Å². The van der Waals surface area contributed by atoms with E-state index in [0.29, 0.717) is 21.3 Å². The first-order chi connectivity index (χ1) is 20.0. The first-order valence-electron chi connectivity index (χ1n) is 14.2. The van der Waals surface area contributed by atoms with Gasteiger partial charge >= 0.3 is 0 Å². The summed E-state index contributed by atoms with van der Waals surface area (Å²) in [6.07, 6.45) is 5.04. The van der Waals surface area contributed by atoms with Crippen molar-refractivity contribution in [3.8, 4) is 0 Å². The van der Waals surface area contributed by atoms with E-state index in [-0.39, 0.29) is 23.4 Å². The molecule has 10 heteroatoms. The van der Waals surface area contributed by atoms with Crippen LogP contribution in [0.15, 0.2) is 71.6 Å². The molecule has 3 aromatic carbocycles. The van der Waals surface area contributed by atoms with E-state index in [4.69, 9.17) is 23.2 Å². The van der Waals surface area contributed by atoms with Crippen molar-refractivity contribution in [1.82, 2.24) is 10.2 Å². The van der Waals surface area contributed by atoms with Crippen molar-refractivity contribution in [1.29, 1.82) is 0 Å². The van der Waals surface area contributed by atoms with Gasteiger partial charge in [0.2, 0.25) is 11.8 Å². The summed E-state index contributed by atoms with van der Waals surface area (Å²) in [7, 11) is -4.12. The highest BCUT2D eigenvalue weighted by atomic mass is 35.5. The van der Waals surface area contributed by atoms with Crippen molar-refractivity contribution in [3.63, 3.8) is 0 Å². The Labute approximate surface area is 258 Å². The van der Waals surface area contributed by atoms with Crippen molar-refractivity contribution in [2.24, 2.45) is 0 Å². The summed E-state index contributed by atoms with van der Waals surface area (Å²) < 4.78 is 29.0. The van der Waals surface area contributed by atoms with Crippen LogP contribution in [0, 0.1) is 13.8 Å². The highest BCUT2D eigenvalue weighted by Crippen LogP contribution is 2.27. The van der Waals surface area contributed by atoms with Crippen LogP contribution >= 0.6 is 23.2 Å². The van der Waals surface area contributed by atoms with E-state index in [1.165, 1.54) is 17.0 Å². The Hall–Kier alpha value is -3.07. The molecule has 1 aliphatic rings. The van der Waals surface area contributed by atoms with Crippen molar-refractivity contribution in [3.05, 3.63) is 93.5 Å². The number of anilines is 1. The summed E-state index contributed by atoms with van der Waals surface area (Å²) in [4.78, 5) is 29.0. The molecular weight excluding hydrogens is 593 g/mol. The first kappa shape index (κ1) is 31.9. The molecule has 1 saturated carbocycles. The number of rotatable bonds is 10. The number of nitrogens with one attached hydrogen (secondary N) is 1. The number of hydrogen-bond acceptors (Lipinski definition) is 4. The first-order valence-corrected chi connectivity index (χ1v) is 16.3. The van der Waals surface area contributed by atoms with Gasteiger partial charge in [0.05, 0.1) is 20.6 Å². The van der Waals surface area contributed by atoms with E-state index in [1.807, 2.05) is 19.9 Å². The van der Waals surface area contributed by atoms with E-state index in [0.717, 1.165) is 47.5 Å². The van der Waals surface area contributed by atoms with Gasteiger partial charge in [-0.05, 0) is 81.1 Å². The lowest BCUT2D eigenvalue weighted by atomic mass is 9.95. The minimum atomic E-state index is -4.12. The van der Waals surface area contributed by atoms with Gasteiger partial charge in [0.25, 0.3) is 10.0 Å². The minimum absolute atomic E-state index is 0.0429.